The lowest BCUT2D eigenvalue weighted by Crippen LogP contribution is -2.49. The summed E-state index contributed by atoms with van der Waals surface area (Å²) in [6, 6.07) is 4.56. The van der Waals surface area contributed by atoms with Crippen LogP contribution in [0.15, 0.2) is 27.8 Å². The molecule has 1 aliphatic heterocycles. The van der Waals surface area contributed by atoms with Gasteiger partial charge in [-0.2, -0.15) is 4.98 Å². The number of halogens is 1. The number of rotatable bonds is 14. The van der Waals surface area contributed by atoms with Gasteiger partial charge in [0.05, 0.1) is 25.3 Å². The normalized spacial score (nSPS) is 14.7. The van der Waals surface area contributed by atoms with Gasteiger partial charge >= 0.3 is 17.8 Å². The number of fused-ring (bicyclic) bond motifs is 1. The van der Waals surface area contributed by atoms with E-state index in [0.717, 1.165) is 36.7 Å². The SMILES string of the molecule is CC#CCn1c(N2CCC[C@@H](NC(=O)OC(C)(C)C)C2)nc2c1c(=O)n(Cc1ccc(Cl)cc1C(=O)OCCCCCCCCC)c(=O)n2C. The van der Waals surface area contributed by atoms with Crippen LogP contribution in [0.5, 0.6) is 0 Å². The van der Waals surface area contributed by atoms with Crippen LogP contribution in [-0.2, 0) is 29.6 Å². The molecule has 1 amide bonds. The number of aromatic nitrogens is 4. The first-order valence-corrected chi connectivity index (χ1v) is 18.0. The number of aryl methyl sites for hydroxylation is 1. The van der Waals surface area contributed by atoms with Crippen molar-refractivity contribution in [2.75, 3.05) is 24.6 Å². The van der Waals surface area contributed by atoms with Crippen LogP contribution in [0.3, 0.4) is 0 Å². The Hall–Kier alpha value is -4.24. The van der Waals surface area contributed by atoms with Crippen molar-refractivity contribution in [3.05, 3.63) is 55.2 Å². The van der Waals surface area contributed by atoms with Gasteiger partial charge in [-0.05, 0) is 64.7 Å². The number of unbranched alkanes of at least 4 members (excludes halogenated alkanes) is 6. The highest BCUT2D eigenvalue weighted by Crippen LogP contribution is 2.24. The van der Waals surface area contributed by atoms with Crippen LogP contribution in [0, 0.1) is 11.8 Å². The molecule has 1 fully saturated rings. The summed E-state index contributed by atoms with van der Waals surface area (Å²) in [6.07, 6.45) is 8.65. The molecule has 1 aromatic carbocycles. The third-order valence-electron chi connectivity index (χ3n) is 8.65. The van der Waals surface area contributed by atoms with Gasteiger partial charge in [-0.25, -0.2) is 14.4 Å². The van der Waals surface area contributed by atoms with Gasteiger partial charge in [0.2, 0.25) is 5.95 Å². The Balaban J connectivity index is 1.63. The molecule has 0 saturated carbocycles. The van der Waals surface area contributed by atoms with Crippen molar-refractivity contribution in [1.29, 1.82) is 0 Å². The highest BCUT2D eigenvalue weighted by atomic mass is 35.5. The van der Waals surface area contributed by atoms with Gasteiger partial charge in [-0.1, -0.05) is 69.0 Å². The van der Waals surface area contributed by atoms with E-state index in [1.165, 1.54) is 36.3 Å². The van der Waals surface area contributed by atoms with E-state index < -0.39 is 28.9 Å². The number of benzene rings is 1. The molecule has 3 aromatic rings. The fraction of sp³-hybridized carbons (Fsp3) is 0.595. The average Bonchev–Trinajstić information content (AvgIpc) is 3.45. The molecule has 1 N–H and O–H groups in total. The Morgan fingerprint density at radius 3 is 2.50 bits per heavy atom. The zero-order chi connectivity index (χ0) is 36.4. The molecule has 4 rings (SSSR count). The summed E-state index contributed by atoms with van der Waals surface area (Å²) in [5.74, 6) is 5.85. The highest BCUT2D eigenvalue weighted by Gasteiger charge is 2.29. The van der Waals surface area contributed by atoms with E-state index in [1.807, 2.05) is 25.7 Å². The van der Waals surface area contributed by atoms with Gasteiger partial charge in [0.1, 0.15) is 5.60 Å². The van der Waals surface area contributed by atoms with Crippen molar-refractivity contribution in [2.45, 2.75) is 117 Å². The molecule has 0 radical (unpaired) electrons. The number of hydrogen-bond acceptors (Lipinski definition) is 8. The second-order valence-corrected chi connectivity index (χ2v) is 14.3. The largest absolute Gasteiger partial charge is 0.462 e. The Morgan fingerprint density at radius 1 is 1.08 bits per heavy atom. The van der Waals surface area contributed by atoms with Crippen molar-refractivity contribution in [3.8, 4) is 11.8 Å². The number of imidazole rings is 1. The maximum atomic E-state index is 14.2. The predicted octanol–water partition coefficient (Wildman–Crippen LogP) is 6.02. The van der Waals surface area contributed by atoms with E-state index >= 15 is 0 Å². The van der Waals surface area contributed by atoms with Crippen LogP contribution in [0.2, 0.25) is 5.02 Å². The lowest BCUT2D eigenvalue weighted by atomic mass is 10.1. The van der Waals surface area contributed by atoms with Crippen molar-refractivity contribution in [3.63, 3.8) is 0 Å². The maximum absolute atomic E-state index is 14.2. The molecule has 13 heteroatoms. The second-order valence-electron chi connectivity index (χ2n) is 13.8. The zero-order valence-electron chi connectivity index (χ0n) is 30.3. The summed E-state index contributed by atoms with van der Waals surface area (Å²) in [5.41, 5.74) is -0.697. The number of carbonyl (C=O) groups is 2. The van der Waals surface area contributed by atoms with Crippen LogP contribution >= 0.6 is 11.6 Å². The molecule has 3 heterocycles. The first-order valence-electron chi connectivity index (χ1n) is 17.6. The van der Waals surface area contributed by atoms with Crippen LogP contribution in [0.1, 0.15) is 108 Å². The van der Waals surface area contributed by atoms with Crippen LogP contribution < -0.4 is 21.5 Å². The van der Waals surface area contributed by atoms with Gasteiger partial charge < -0.3 is 19.7 Å². The topological polar surface area (TPSA) is 130 Å². The summed E-state index contributed by atoms with van der Waals surface area (Å²) >= 11 is 6.28. The third kappa shape index (κ3) is 9.93. The van der Waals surface area contributed by atoms with E-state index in [0.29, 0.717) is 29.6 Å². The van der Waals surface area contributed by atoms with Gasteiger partial charge in [0, 0.05) is 31.2 Å². The van der Waals surface area contributed by atoms with Crippen molar-refractivity contribution < 1.29 is 19.1 Å². The van der Waals surface area contributed by atoms with E-state index in [2.05, 4.69) is 24.1 Å². The smallest absolute Gasteiger partial charge is 0.407 e. The minimum absolute atomic E-state index is 0.160. The Labute approximate surface area is 299 Å². The monoisotopic (exact) mass is 710 g/mol. The van der Waals surface area contributed by atoms with Gasteiger partial charge in [-0.15, -0.1) is 5.92 Å². The lowest BCUT2D eigenvalue weighted by molar-refractivity contribution is 0.0487. The fourth-order valence-corrected chi connectivity index (χ4v) is 6.32. The van der Waals surface area contributed by atoms with Gasteiger partial charge in [0.25, 0.3) is 5.56 Å². The number of amides is 1. The van der Waals surface area contributed by atoms with Crippen molar-refractivity contribution >= 4 is 40.8 Å². The van der Waals surface area contributed by atoms with Crippen LogP contribution in [0.25, 0.3) is 11.2 Å². The second kappa shape index (κ2) is 17.6. The van der Waals surface area contributed by atoms with E-state index in [9.17, 15) is 19.2 Å². The number of nitrogens with one attached hydrogen (secondary N) is 1. The van der Waals surface area contributed by atoms with E-state index in [-0.39, 0.29) is 42.5 Å². The molecule has 0 spiro atoms. The van der Waals surface area contributed by atoms with Crippen LogP contribution in [-0.4, -0.2) is 62.1 Å². The molecule has 50 heavy (non-hydrogen) atoms. The van der Waals surface area contributed by atoms with Gasteiger partial charge in [0.15, 0.2) is 11.2 Å². The number of hydrogen-bond donors (Lipinski definition) is 1. The summed E-state index contributed by atoms with van der Waals surface area (Å²) in [4.78, 5) is 60.5. The molecular weight excluding hydrogens is 660 g/mol. The summed E-state index contributed by atoms with van der Waals surface area (Å²) in [5, 5.41) is 3.29. The quantitative estimate of drug-likeness (QED) is 0.122. The molecular formula is C37H51ClN6O6. The number of nitrogens with zero attached hydrogens (tertiary/aromatic N) is 5. The van der Waals surface area contributed by atoms with Crippen molar-refractivity contribution in [1.82, 2.24) is 24.0 Å². The summed E-state index contributed by atoms with van der Waals surface area (Å²) in [6.45, 7) is 10.7. The molecule has 1 saturated heterocycles. The fourth-order valence-electron chi connectivity index (χ4n) is 6.15. The standard InChI is InChI=1S/C37H51ClN6O6/c1-7-9-11-12-13-14-15-22-49-33(46)29-23-27(38)19-18-26(29)24-44-32(45)30-31(41(6)36(44)48)40-34(43(30)21-10-8-2)42-20-16-17-28(25-42)39-35(47)50-37(3,4)5/h18-19,23,28H,7,9,11-17,20-22,24-25H2,1-6H3,(H,39,47)/t28-/m1/s1. The Morgan fingerprint density at radius 2 is 1.80 bits per heavy atom. The predicted molar refractivity (Wildman–Crippen MR) is 196 cm³/mol. The third-order valence-corrected chi connectivity index (χ3v) is 8.89. The summed E-state index contributed by atoms with van der Waals surface area (Å²) in [7, 11) is 1.57. The average molecular weight is 711 g/mol. The molecule has 12 nitrogen and oxygen atoms in total. The summed E-state index contributed by atoms with van der Waals surface area (Å²) < 4.78 is 15.2. The van der Waals surface area contributed by atoms with Gasteiger partial charge in [-0.3, -0.25) is 18.5 Å². The molecule has 2 aromatic heterocycles. The van der Waals surface area contributed by atoms with E-state index in [1.54, 1.807) is 30.7 Å². The number of alkyl carbamates (subject to hydrolysis) is 1. The zero-order valence-corrected chi connectivity index (χ0v) is 31.0. The number of piperidine rings is 1. The minimum atomic E-state index is -0.629. The number of esters is 1. The molecule has 1 aliphatic rings. The Bertz CT molecular complexity index is 1840. The van der Waals surface area contributed by atoms with E-state index in [4.69, 9.17) is 26.1 Å². The number of carbonyl (C=O) groups excluding carboxylic acids is 2. The molecule has 0 aliphatic carbocycles. The molecule has 272 valence electrons. The number of anilines is 1. The first-order chi connectivity index (χ1) is 23.8. The number of ether oxygens (including phenoxy) is 2. The maximum Gasteiger partial charge on any atom is 0.407 e. The van der Waals surface area contributed by atoms with Crippen molar-refractivity contribution in [2.24, 2.45) is 7.05 Å². The lowest BCUT2D eigenvalue weighted by Gasteiger charge is -2.34. The molecule has 0 bridgehead atoms. The molecule has 1 atom stereocenters. The highest BCUT2D eigenvalue weighted by molar-refractivity contribution is 6.31. The first kappa shape index (κ1) is 38.6. The minimum Gasteiger partial charge on any atom is -0.462 e. The molecule has 0 unspecified atom stereocenters. The van der Waals surface area contributed by atoms with Crippen LogP contribution in [0.4, 0.5) is 10.7 Å². The Kier molecular flexibility index (Phi) is 13.6.